The van der Waals surface area contributed by atoms with Gasteiger partial charge in [-0.3, -0.25) is 9.59 Å². The van der Waals surface area contributed by atoms with Gasteiger partial charge >= 0.3 is 0 Å². The van der Waals surface area contributed by atoms with Crippen LogP contribution in [0.4, 0.5) is 5.69 Å². The molecule has 5 rings (SSSR count). The molecule has 3 aliphatic rings. The fourth-order valence-electron chi connectivity index (χ4n) is 5.14. The van der Waals surface area contributed by atoms with Crippen LogP contribution in [0.3, 0.4) is 0 Å². The SMILES string of the molecule is CN1C(=O)[C@]2(OC3=C(C(=O)CC(C)(C)C3)[C@@H]2c2ccc(Cl)cc2)c2ccccc21. The Balaban J connectivity index is 1.78. The van der Waals surface area contributed by atoms with Crippen LogP contribution in [0.25, 0.3) is 0 Å². The number of allylic oxidation sites excluding steroid dienone is 1. The van der Waals surface area contributed by atoms with Crippen LogP contribution < -0.4 is 4.90 Å². The van der Waals surface area contributed by atoms with E-state index in [0.717, 1.165) is 16.8 Å². The van der Waals surface area contributed by atoms with Gasteiger partial charge in [-0.15, -0.1) is 0 Å². The van der Waals surface area contributed by atoms with Crippen LogP contribution in [-0.4, -0.2) is 18.7 Å². The molecule has 1 aliphatic carbocycles. The first-order valence-electron chi connectivity index (χ1n) is 9.83. The average Bonchev–Trinajstić information content (AvgIpc) is 3.11. The molecule has 0 fully saturated rings. The van der Waals surface area contributed by atoms with Gasteiger partial charge in [0.15, 0.2) is 5.78 Å². The maximum Gasteiger partial charge on any atom is 0.276 e. The third kappa shape index (κ3) is 2.45. The van der Waals surface area contributed by atoms with Crippen LogP contribution in [0.5, 0.6) is 0 Å². The molecule has 1 spiro atoms. The largest absolute Gasteiger partial charge is 0.475 e. The van der Waals surface area contributed by atoms with Gasteiger partial charge in [-0.05, 0) is 29.2 Å². The smallest absolute Gasteiger partial charge is 0.276 e. The number of fused-ring (bicyclic) bond motifs is 2. The number of rotatable bonds is 1. The number of Topliss-reactive ketones (excluding diaryl/α,β-unsaturated/α-hetero) is 1. The molecule has 0 aromatic heterocycles. The molecular weight excluding hydrogens is 386 g/mol. The highest BCUT2D eigenvalue weighted by atomic mass is 35.5. The number of ketones is 1. The highest BCUT2D eigenvalue weighted by Gasteiger charge is 2.64. The first kappa shape index (κ1) is 18.4. The van der Waals surface area contributed by atoms with E-state index in [-0.39, 0.29) is 17.1 Å². The number of carbonyl (C=O) groups is 2. The lowest BCUT2D eigenvalue weighted by Gasteiger charge is -2.31. The van der Waals surface area contributed by atoms with Crippen molar-refractivity contribution in [2.24, 2.45) is 5.41 Å². The van der Waals surface area contributed by atoms with E-state index < -0.39 is 11.5 Å². The Labute approximate surface area is 175 Å². The minimum Gasteiger partial charge on any atom is -0.475 e. The van der Waals surface area contributed by atoms with E-state index in [1.165, 1.54) is 0 Å². The van der Waals surface area contributed by atoms with Gasteiger partial charge in [0.05, 0.1) is 11.6 Å². The second-order valence-corrected chi connectivity index (χ2v) is 9.42. The molecule has 0 N–H and O–H groups in total. The number of hydrogen-bond donors (Lipinski definition) is 0. The maximum atomic E-state index is 13.7. The van der Waals surface area contributed by atoms with E-state index in [4.69, 9.17) is 16.3 Å². The molecule has 5 heteroatoms. The highest BCUT2D eigenvalue weighted by molar-refractivity contribution is 6.30. The van der Waals surface area contributed by atoms with Gasteiger partial charge < -0.3 is 9.64 Å². The van der Waals surface area contributed by atoms with Gasteiger partial charge in [0.2, 0.25) is 5.60 Å². The van der Waals surface area contributed by atoms with Crippen molar-refractivity contribution in [3.05, 3.63) is 76.0 Å². The van der Waals surface area contributed by atoms with Crippen molar-refractivity contribution in [2.75, 3.05) is 11.9 Å². The number of ether oxygens (including phenoxy) is 1. The van der Waals surface area contributed by atoms with Crippen LogP contribution in [0.1, 0.15) is 43.7 Å². The van der Waals surface area contributed by atoms with Crippen molar-refractivity contribution >= 4 is 29.0 Å². The van der Waals surface area contributed by atoms with Crippen molar-refractivity contribution in [2.45, 2.75) is 38.2 Å². The van der Waals surface area contributed by atoms with Crippen molar-refractivity contribution in [1.82, 2.24) is 0 Å². The van der Waals surface area contributed by atoms with Crippen molar-refractivity contribution in [1.29, 1.82) is 0 Å². The molecule has 0 saturated heterocycles. The van der Waals surface area contributed by atoms with Crippen molar-refractivity contribution < 1.29 is 14.3 Å². The maximum absolute atomic E-state index is 13.7. The van der Waals surface area contributed by atoms with Gasteiger partial charge in [0.1, 0.15) is 5.76 Å². The molecular formula is C24H22ClNO3. The summed E-state index contributed by atoms with van der Waals surface area (Å²) in [6.45, 7) is 4.13. The molecule has 2 aliphatic heterocycles. The number of halogens is 1. The zero-order chi connectivity index (χ0) is 20.6. The monoisotopic (exact) mass is 407 g/mol. The summed E-state index contributed by atoms with van der Waals surface area (Å²) in [5.74, 6) is 0.0909. The lowest BCUT2D eigenvalue weighted by atomic mass is 9.69. The van der Waals surface area contributed by atoms with E-state index in [9.17, 15) is 9.59 Å². The second-order valence-electron chi connectivity index (χ2n) is 8.98. The summed E-state index contributed by atoms with van der Waals surface area (Å²) in [5, 5.41) is 0.613. The quantitative estimate of drug-likeness (QED) is 0.670. The van der Waals surface area contributed by atoms with E-state index in [2.05, 4.69) is 13.8 Å². The van der Waals surface area contributed by atoms with E-state index in [1.807, 2.05) is 36.4 Å². The Hall–Kier alpha value is -2.59. The molecule has 0 radical (unpaired) electrons. The molecule has 2 aromatic rings. The molecule has 2 heterocycles. The minimum absolute atomic E-state index is 0.0629. The van der Waals surface area contributed by atoms with Crippen molar-refractivity contribution in [3.8, 4) is 0 Å². The topological polar surface area (TPSA) is 46.6 Å². The zero-order valence-electron chi connectivity index (χ0n) is 16.7. The lowest BCUT2D eigenvalue weighted by molar-refractivity contribution is -0.137. The zero-order valence-corrected chi connectivity index (χ0v) is 17.4. The first-order valence-corrected chi connectivity index (χ1v) is 10.2. The number of benzene rings is 2. The van der Waals surface area contributed by atoms with Crippen LogP contribution in [0.15, 0.2) is 59.9 Å². The molecule has 1 amide bonds. The van der Waals surface area contributed by atoms with Crippen LogP contribution in [0, 0.1) is 5.41 Å². The van der Waals surface area contributed by atoms with Crippen LogP contribution in [0.2, 0.25) is 5.02 Å². The molecule has 0 saturated carbocycles. The molecule has 0 unspecified atom stereocenters. The fraction of sp³-hybridized carbons (Fsp3) is 0.333. The summed E-state index contributed by atoms with van der Waals surface area (Å²) in [7, 11) is 1.77. The average molecular weight is 408 g/mol. The predicted molar refractivity (Wildman–Crippen MR) is 112 cm³/mol. The summed E-state index contributed by atoms with van der Waals surface area (Å²) in [6, 6.07) is 15.1. The molecule has 29 heavy (non-hydrogen) atoms. The van der Waals surface area contributed by atoms with E-state index in [1.54, 1.807) is 24.1 Å². The molecule has 148 valence electrons. The number of para-hydroxylation sites is 1. The van der Waals surface area contributed by atoms with Gasteiger partial charge in [-0.1, -0.05) is 55.8 Å². The van der Waals surface area contributed by atoms with Gasteiger partial charge in [-0.2, -0.15) is 0 Å². The number of nitrogens with zero attached hydrogens (tertiary/aromatic N) is 1. The van der Waals surface area contributed by atoms with E-state index in [0.29, 0.717) is 29.2 Å². The summed E-state index contributed by atoms with van der Waals surface area (Å²) in [4.78, 5) is 28.6. The van der Waals surface area contributed by atoms with Crippen molar-refractivity contribution in [3.63, 3.8) is 0 Å². The molecule has 0 bridgehead atoms. The standard InChI is InChI=1S/C24H22ClNO3/c1-23(2)12-18(27)20-19(13-23)29-24(21(20)14-8-10-15(25)11-9-14)16-6-4-5-7-17(16)26(3)22(24)28/h4-11,21H,12-13H2,1-3H3/t21-,24-/m0/s1. The number of carbonyl (C=O) groups excluding carboxylic acids is 2. The molecule has 4 nitrogen and oxygen atoms in total. The lowest BCUT2D eigenvalue weighted by Crippen LogP contribution is -2.43. The Morgan fingerprint density at radius 3 is 2.45 bits per heavy atom. The summed E-state index contributed by atoms with van der Waals surface area (Å²) in [5.41, 5.74) is 1.70. The van der Waals surface area contributed by atoms with E-state index >= 15 is 0 Å². The fourth-order valence-corrected chi connectivity index (χ4v) is 5.26. The predicted octanol–water partition coefficient (Wildman–Crippen LogP) is 4.97. The number of likely N-dealkylation sites (N-methyl/N-ethyl adjacent to an activating group) is 1. The Morgan fingerprint density at radius 2 is 1.72 bits per heavy atom. The second kappa shape index (κ2) is 5.96. The number of amides is 1. The number of anilines is 1. The summed E-state index contributed by atoms with van der Waals surface area (Å²) in [6.07, 6.45) is 1.08. The summed E-state index contributed by atoms with van der Waals surface area (Å²) >= 11 is 6.12. The van der Waals surface area contributed by atoms with Gasteiger partial charge in [0, 0.05) is 36.0 Å². The summed E-state index contributed by atoms with van der Waals surface area (Å²) < 4.78 is 6.56. The third-order valence-corrected chi connectivity index (χ3v) is 6.60. The Kier molecular flexibility index (Phi) is 3.79. The molecule has 2 aromatic carbocycles. The van der Waals surface area contributed by atoms with Gasteiger partial charge in [-0.25, -0.2) is 0 Å². The highest BCUT2D eigenvalue weighted by Crippen LogP contribution is 2.61. The normalized spacial score (nSPS) is 27.3. The first-order chi connectivity index (χ1) is 13.7. The molecule has 2 atom stereocenters. The third-order valence-electron chi connectivity index (χ3n) is 6.35. The van der Waals surface area contributed by atoms with Gasteiger partial charge in [0.25, 0.3) is 5.91 Å². The minimum atomic E-state index is -1.25. The number of hydrogen-bond acceptors (Lipinski definition) is 3. The van der Waals surface area contributed by atoms with Crippen LogP contribution >= 0.6 is 11.6 Å². The van der Waals surface area contributed by atoms with Crippen LogP contribution in [-0.2, 0) is 19.9 Å². The Morgan fingerprint density at radius 1 is 1.03 bits per heavy atom. The Bertz CT molecular complexity index is 1090.